The highest BCUT2D eigenvalue weighted by Crippen LogP contribution is 2.37. The van der Waals surface area contributed by atoms with Gasteiger partial charge >= 0.3 is 0 Å². The number of hydrogen-bond donors (Lipinski definition) is 1. The Hall–Kier alpha value is -5.56. The number of amidine groups is 4. The number of aromatic amines is 1. The van der Waals surface area contributed by atoms with Crippen LogP contribution < -0.4 is 0 Å². The lowest BCUT2D eigenvalue weighted by atomic mass is 10.1. The van der Waals surface area contributed by atoms with Crippen molar-refractivity contribution in [3.8, 4) is 0 Å². The molecule has 4 aromatic carbocycles. The molecule has 0 radical (unpaired) electrons. The van der Waals surface area contributed by atoms with E-state index in [2.05, 4.69) is 29.2 Å². The lowest BCUT2D eigenvalue weighted by Crippen LogP contribution is -2.04. The first-order chi connectivity index (χ1) is 19.8. The van der Waals surface area contributed by atoms with E-state index in [9.17, 15) is 0 Å². The number of nitrogens with zero attached hydrogens (tertiary/aromatic N) is 6. The predicted octanol–water partition coefficient (Wildman–Crippen LogP) is 6.54. The number of benzene rings is 4. The van der Waals surface area contributed by atoms with Crippen LogP contribution in [0.5, 0.6) is 0 Å². The van der Waals surface area contributed by atoms with Gasteiger partial charge in [-0.1, -0.05) is 97.1 Å². The molecule has 1 aromatic heterocycles. The molecule has 186 valence electrons. The molecular formula is C33H19N7. The number of aliphatic imine (C=N–C) groups is 6. The smallest absolute Gasteiger partial charge is 0.164 e. The maximum Gasteiger partial charge on any atom is 0.164 e. The second-order valence-corrected chi connectivity index (χ2v) is 10.0. The van der Waals surface area contributed by atoms with Crippen LogP contribution in [0.4, 0.5) is 11.6 Å². The summed E-state index contributed by atoms with van der Waals surface area (Å²) in [5, 5.41) is 1.93. The summed E-state index contributed by atoms with van der Waals surface area (Å²) in [6.07, 6.45) is 0.586. The van der Waals surface area contributed by atoms with Gasteiger partial charge < -0.3 is 4.98 Å². The van der Waals surface area contributed by atoms with Crippen LogP contribution in [0, 0.1) is 0 Å². The van der Waals surface area contributed by atoms with Gasteiger partial charge in [0.15, 0.2) is 23.3 Å². The van der Waals surface area contributed by atoms with E-state index in [1.165, 1.54) is 0 Å². The Balaban J connectivity index is 1.38. The molecule has 5 aromatic rings. The third-order valence-corrected chi connectivity index (χ3v) is 7.72. The zero-order valence-corrected chi connectivity index (χ0v) is 21.1. The van der Waals surface area contributed by atoms with Gasteiger partial charge in [0.1, 0.15) is 11.6 Å². The highest BCUT2D eigenvalue weighted by Gasteiger charge is 2.29. The van der Waals surface area contributed by atoms with Crippen molar-refractivity contribution < 1.29 is 0 Å². The molecule has 0 atom stereocenters. The van der Waals surface area contributed by atoms with Crippen molar-refractivity contribution in [1.82, 2.24) is 4.98 Å². The number of fused-ring (bicyclic) bond motifs is 18. The SMILES string of the molecule is c1ccc2c(c1)C1=NC3=NC(=Nc4[nH]c(c5ccccc45)N=C4N=C(N=C2C1)c1ccccc14)c1ccccc13. The van der Waals surface area contributed by atoms with Gasteiger partial charge in [-0.25, -0.2) is 30.0 Å². The molecule has 1 aliphatic carbocycles. The molecule has 0 saturated heterocycles. The van der Waals surface area contributed by atoms with E-state index in [1.54, 1.807) is 0 Å². The van der Waals surface area contributed by atoms with Gasteiger partial charge in [-0.05, 0) is 0 Å². The van der Waals surface area contributed by atoms with E-state index in [0.717, 1.165) is 55.6 Å². The van der Waals surface area contributed by atoms with Crippen molar-refractivity contribution in [2.75, 3.05) is 0 Å². The van der Waals surface area contributed by atoms with E-state index in [1.807, 2.05) is 72.8 Å². The average molecular weight is 514 g/mol. The molecule has 9 rings (SSSR count). The lowest BCUT2D eigenvalue weighted by molar-refractivity contribution is 1.29. The fraction of sp³-hybridized carbons (Fsp3) is 0.0303. The Morgan fingerprint density at radius 1 is 0.375 bits per heavy atom. The molecule has 4 heterocycles. The number of rotatable bonds is 0. The fourth-order valence-electron chi connectivity index (χ4n) is 5.85. The second-order valence-electron chi connectivity index (χ2n) is 10.0. The first-order valence-corrected chi connectivity index (χ1v) is 13.2. The molecule has 40 heavy (non-hydrogen) atoms. The maximum atomic E-state index is 5.13. The third kappa shape index (κ3) is 3.06. The fourth-order valence-corrected chi connectivity index (χ4v) is 5.85. The quantitative estimate of drug-likeness (QED) is 0.244. The minimum Gasteiger partial charge on any atom is -0.324 e. The molecule has 0 fully saturated rings. The van der Waals surface area contributed by atoms with Crippen molar-refractivity contribution in [2.24, 2.45) is 30.0 Å². The molecule has 0 spiro atoms. The summed E-state index contributed by atoms with van der Waals surface area (Å²) in [6.45, 7) is 0. The number of hydrogen-bond acceptors (Lipinski definition) is 6. The van der Waals surface area contributed by atoms with Gasteiger partial charge in [0, 0.05) is 50.6 Å². The van der Waals surface area contributed by atoms with Crippen LogP contribution in [-0.4, -0.2) is 39.7 Å². The monoisotopic (exact) mass is 513 g/mol. The largest absolute Gasteiger partial charge is 0.324 e. The van der Waals surface area contributed by atoms with Crippen molar-refractivity contribution in [3.05, 3.63) is 130 Å². The molecular weight excluding hydrogens is 494 g/mol. The average Bonchev–Trinajstić information content (AvgIpc) is 3.73. The lowest BCUT2D eigenvalue weighted by Gasteiger charge is -2.01. The minimum absolute atomic E-state index is 0.586. The summed E-state index contributed by atoms with van der Waals surface area (Å²) in [5.74, 6) is 3.97. The zero-order chi connectivity index (χ0) is 26.2. The summed E-state index contributed by atoms with van der Waals surface area (Å²) in [7, 11) is 0. The van der Waals surface area contributed by atoms with Gasteiger partial charge in [0.05, 0.1) is 11.4 Å². The Morgan fingerprint density at radius 2 is 0.725 bits per heavy atom. The molecule has 8 bridgehead atoms. The minimum atomic E-state index is 0.586. The topological polar surface area (TPSA) is 89.9 Å². The van der Waals surface area contributed by atoms with Crippen molar-refractivity contribution >= 4 is 57.2 Å². The van der Waals surface area contributed by atoms with Crippen LogP contribution in [0.15, 0.2) is 127 Å². The second kappa shape index (κ2) is 7.97. The van der Waals surface area contributed by atoms with Gasteiger partial charge in [-0.3, -0.25) is 0 Å². The molecule has 4 aliphatic rings. The number of H-pyrrole nitrogens is 1. The van der Waals surface area contributed by atoms with Gasteiger partial charge in [0.2, 0.25) is 0 Å². The summed E-state index contributed by atoms with van der Waals surface area (Å²) in [6, 6.07) is 32.7. The normalized spacial score (nSPS) is 16.3. The summed E-state index contributed by atoms with van der Waals surface area (Å²) >= 11 is 0. The van der Waals surface area contributed by atoms with Crippen LogP contribution in [0.3, 0.4) is 0 Å². The Morgan fingerprint density at radius 3 is 1.15 bits per heavy atom. The van der Waals surface area contributed by atoms with Gasteiger partial charge in [-0.15, -0.1) is 0 Å². The van der Waals surface area contributed by atoms with Crippen LogP contribution >= 0.6 is 0 Å². The van der Waals surface area contributed by atoms with Gasteiger partial charge in [0.25, 0.3) is 0 Å². The van der Waals surface area contributed by atoms with E-state index in [0.29, 0.717) is 41.4 Å². The van der Waals surface area contributed by atoms with Crippen molar-refractivity contribution in [1.29, 1.82) is 0 Å². The van der Waals surface area contributed by atoms with E-state index < -0.39 is 0 Å². The number of nitrogens with one attached hydrogen (secondary N) is 1. The highest BCUT2D eigenvalue weighted by molar-refractivity contribution is 6.35. The number of aromatic nitrogens is 1. The molecule has 0 saturated carbocycles. The predicted molar refractivity (Wildman–Crippen MR) is 161 cm³/mol. The van der Waals surface area contributed by atoms with E-state index >= 15 is 0 Å². The summed E-state index contributed by atoms with van der Waals surface area (Å²) < 4.78 is 0. The molecule has 1 N–H and O–H groups in total. The van der Waals surface area contributed by atoms with Crippen LogP contribution in [0.25, 0.3) is 10.8 Å². The van der Waals surface area contributed by atoms with Crippen LogP contribution in [-0.2, 0) is 0 Å². The summed E-state index contributed by atoms with van der Waals surface area (Å²) in [5.41, 5.74) is 7.85. The van der Waals surface area contributed by atoms with E-state index in [4.69, 9.17) is 30.0 Å². The first-order valence-electron chi connectivity index (χ1n) is 13.2. The Bertz CT molecular complexity index is 1990. The van der Waals surface area contributed by atoms with Crippen molar-refractivity contribution in [3.63, 3.8) is 0 Å². The molecule has 7 nitrogen and oxygen atoms in total. The Kier molecular flexibility index (Phi) is 4.26. The molecule has 3 aliphatic heterocycles. The van der Waals surface area contributed by atoms with Gasteiger partial charge in [-0.2, -0.15) is 0 Å². The molecule has 7 heteroatoms. The van der Waals surface area contributed by atoms with Crippen molar-refractivity contribution in [2.45, 2.75) is 6.42 Å². The molecule has 0 unspecified atom stereocenters. The van der Waals surface area contributed by atoms with E-state index in [-0.39, 0.29) is 0 Å². The summed E-state index contributed by atoms with van der Waals surface area (Å²) in [4.78, 5) is 33.7. The molecule has 0 amide bonds. The Labute approximate surface area is 228 Å². The van der Waals surface area contributed by atoms with Crippen LogP contribution in [0.2, 0.25) is 0 Å². The standard InChI is InChI=1S/C33H19N7/c1-2-10-19-18(9-1)26-17-27(19)35-29-21-12-4-6-14-23(21)31(37-29)39-33-25-16-8-7-15-24(25)32(40-33)38-30-22-13-5-3-11-20(22)28(34-26)36-30/h1-16H,17H2,(H,34,35,36,37,38,39,40). The maximum absolute atomic E-state index is 5.13. The third-order valence-electron chi connectivity index (χ3n) is 7.72. The van der Waals surface area contributed by atoms with Crippen LogP contribution in [0.1, 0.15) is 39.8 Å². The first kappa shape index (κ1) is 21.4. The highest BCUT2D eigenvalue weighted by atomic mass is 15.1. The zero-order valence-electron chi connectivity index (χ0n) is 21.1.